The summed E-state index contributed by atoms with van der Waals surface area (Å²) in [5.41, 5.74) is 0.335. The molecule has 1 aliphatic rings. The van der Waals surface area contributed by atoms with E-state index in [1.165, 1.54) is 109 Å². The van der Waals surface area contributed by atoms with Crippen molar-refractivity contribution in [2.24, 2.45) is 5.92 Å². The average Bonchev–Trinajstić information content (AvgIpc) is 3.32. The molecule has 6 N–H and O–H groups in total. The molecule has 68 heavy (non-hydrogen) atoms. The third-order valence-electron chi connectivity index (χ3n) is 12.9. The molecule has 1 aliphatic heterocycles. The molecule has 1 amide bonds. The Hall–Kier alpha value is -3.40. The van der Waals surface area contributed by atoms with Crippen LogP contribution in [-0.4, -0.2) is 112 Å². The Labute approximate surface area is 408 Å². The maximum atomic E-state index is 13.6. The summed E-state index contributed by atoms with van der Waals surface area (Å²) >= 11 is 0. The first-order valence-corrected chi connectivity index (χ1v) is 26.6. The number of carboxylic acids is 2. The van der Waals surface area contributed by atoms with Crippen molar-refractivity contribution in [3.8, 4) is 0 Å². The largest absolute Gasteiger partial charge is 0.481 e. The SMILES string of the molecule is CCCCCCCCCCCCC/C=C/[C@@H](OC(=O)c1ccccc1)[C@H](CO[C@@H]1O[C@H](CO)[C@H](O)[C@H](OCCCCC(C(=O)O)C(=O)O)[C@H]1O)NC(=O)CCCCCCCCCCCCCCC. The van der Waals surface area contributed by atoms with Crippen LogP contribution in [0.1, 0.15) is 210 Å². The minimum Gasteiger partial charge on any atom is -0.481 e. The van der Waals surface area contributed by atoms with E-state index in [0.29, 0.717) is 12.0 Å². The van der Waals surface area contributed by atoms with E-state index < -0.39 is 73.3 Å². The third-order valence-corrected chi connectivity index (χ3v) is 12.9. The van der Waals surface area contributed by atoms with Gasteiger partial charge in [0.1, 0.15) is 30.5 Å². The lowest BCUT2D eigenvalue weighted by Gasteiger charge is -2.42. The molecule has 0 aliphatic carbocycles. The summed E-state index contributed by atoms with van der Waals surface area (Å²) in [5.74, 6) is -5.28. The van der Waals surface area contributed by atoms with Crippen LogP contribution < -0.4 is 5.32 Å². The number of aliphatic carboxylic acids is 2. The number of rotatable bonds is 43. The smallest absolute Gasteiger partial charge is 0.338 e. The fraction of sp³-hybridized carbons (Fsp3) is 0.778. The number of allylic oxidation sites excluding steroid dienone is 1. The lowest BCUT2D eigenvalue weighted by molar-refractivity contribution is -0.309. The summed E-state index contributed by atoms with van der Waals surface area (Å²) in [7, 11) is 0. The number of ether oxygens (including phenoxy) is 4. The van der Waals surface area contributed by atoms with Gasteiger partial charge in [0.05, 0.1) is 24.8 Å². The van der Waals surface area contributed by atoms with Gasteiger partial charge in [-0.2, -0.15) is 0 Å². The van der Waals surface area contributed by atoms with E-state index in [1.807, 2.05) is 6.08 Å². The van der Waals surface area contributed by atoms with Gasteiger partial charge in [-0.25, -0.2) is 4.79 Å². The highest BCUT2D eigenvalue weighted by Gasteiger charge is 2.46. The Bertz CT molecular complexity index is 1460. The predicted octanol–water partition coefficient (Wildman–Crippen LogP) is 10.2. The number of esters is 1. The van der Waals surface area contributed by atoms with Gasteiger partial charge < -0.3 is 49.8 Å². The van der Waals surface area contributed by atoms with Crippen molar-refractivity contribution < 1.29 is 63.7 Å². The second kappa shape index (κ2) is 39.3. The van der Waals surface area contributed by atoms with Crippen molar-refractivity contribution in [1.29, 1.82) is 0 Å². The van der Waals surface area contributed by atoms with Gasteiger partial charge in [0.25, 0.3) is 0 Å². The number of carboxylic acid groups (broad SMARTS) is 2. The van der Waals surface area contributed by atoms with Crippen LogP contribution in [0.5, 0.6) is 0 Å². The summed E-state index contributed by atoms with van der Waals surface area (Å²) in [6, 6.07) is 7.65. The summed E-state index contributed by atoms with van der Waals surface area (Å²) in [4.78, 5) is 49.8. The Balaban J connectivity index is 2.14. The fourth-order valence-corrected chi connectivity index (χ4v) is 8.59. The maximum absolute atomic E-state index is 13.6. The highest BCUT2D eigenvalue weighted by molar-refractivity contribution is 5.92. The number of benzene rings is 1. The van der Waals surface area contributed by atoms with Crippen molar-refractivity contribution in [3.63, 3.8) is 0 Å². The number of aliphatic hydroxyl groups excluding tert-OH is 3. The first-order valence-electron chi connectivity index (χ1n) is 26.6. The summed E-state index contributed by atoms with van der Waals surface area (Å²) in [6.07, 6.45) is 25.8. The standard InChI is InChI=1S/C54H91NO13/c1-3-5-7-9-11-13-15-17-19-21-23-25-30-37-45(67-53(64)42-34-28-27-29-35-42)44(55-47(57)38-31-26-24-22-20-18-16-14-12-10-8-6-4-2)41-66-54-49(59)50(48(58)46(40-56)68-54)65-39-33-32-36-43(51(60)61)52(62)63/h27-30,34-35,37,43-46,48-50,54,56,58-59H,3-26,31-33,36,38-41H2,1-2H3,(H,55,57)(H,60,61)(H,62,63)/b37-30+/t44-,45+,46+,48-,49+,50-,54+/m0/s1. The first kappa shape index (κ1) is 60.7. The minimum atomic E-state index is -1.57. The summed E-state index contributed by atoms with van der Waals surface area (Å²) in [6.45, 7) is 3.49. The van der Waals surface area contributed by atoms with Gasteiger partial charge in [-0.1, -0.05) is 179 Å². The van der Waals surface area contributed by atoms with Crippen LogP contribution in [0.4, 0.5) is 0 Å². The number of carbonyl (C=O) groups is 4. The zero-order chi connectivity index (χ0) is 49.6. The number of unbranched alkanes of at least 4 members (excludes halogenated alkanes) is 24. The number of hydrogen-bond acceptors (Lipinski definition) is 11. The Morgan fingerprint density at radius 2 is 1.18 bits per heavy atom. The van der Waals surface area contributed by atoms with Crippen molar-refractivity contribution >= 4 is 23.8 Å². The molecule has 2 rings (SSSR count). The molecule has 1 saturated heterocycles. The van der Waals surface area contributed by atoms with Crippen LogP contribution >= 0.6 is 0 Å². The Morgan fingerprint density at radius 1 is 0.662 bits per heavy atom. The molecule has 0 saturated carbocycles. The van der Waals surface area contributed by atoms with Gasteiger partial charge in [0.2, 0.25) is 5.91 Å². The molecule has 1 aromatic rings. The molecular weight excluding hydrogens is 871 g/mol. The highest BCUT2D eigenvalue weighted by Crippen LogP contribution is 2.26. The molecule has 7 atom stereocenters. The number of hydrogen-bond donors (Lipinski definition) is 6. The van der Waals surface area contributed by atoms with Crippen LogP contribution in [0.2, 0.25) is 0 Å². The molecule has 0 radical (unpaired) electrons. The molecule has 1 aromatic carbocycles. The lowest BCUT2D eigenvalue weighted by Crippen LogP contribution is -2.61. The highest BCUT2D eigenvalue weighted by atomic mass is 16.7. The molecule has 390 valence electrons. The van der Waals surface area contributed by atoms with Gasteiger partial charge in [-0.15, -0.1) is 0 Å². The molecule has 1 fully saturated rings. The van der Waals surface area contributed by atoms with Crippen LogP contribution in [0.15, 0.2) is 42.5 Å². The second-order valence-electron chi connectivity index (χ2n) is 18.8. The van der Waals surface area contributed by atoms with E-state index >= 15 is 0 Å². The second-order valence-corrected chi connectivity index (χ2v) is 18.8. The van der Waals surface area contributed by atoms with Gasteiger partial charge in [-0.05, 0) is 56.7 Å². The quantitative estimate of drug-likeness (QED) is 0.0156. The van der Waals surface area contributed by atoms with Crippen molar-refractivity contribution in [2.75, 3.05) is 19.8 Å². The summed E-state index contributed by atoms with van der Waals surface area (Å²) < 4.78 is 23.9. The predicted molar refractivity (Wildman–Crippen MR) is 264 cm³/mol. The van der Waals surface area contributed by atoms with E-state index in [-0.39, 0.29) is 44.8 Å². The van der Waals surface area contributed by atoms with Crippen LogP contribution in [-0.2, 0) is 33.3 Å². The fourth-order valence-electron chi connectivity index (χ4n) is 8.59. The van der Waals surface area contributed by atoms with Crippen LogP contribution in [0, 0.1) is 5.92 Å². The molecule has 0 unspecified atom stereocenters. The Kier molecular flexibility index (Phi) is 35.1. The number of nitrogens with one attached hydrogen (secondary N) is 1. The zero-order valence-electron chi connectivity index (χ0n) is 41.8. The van der Waals surface area contributed by atoms with Crippen molar-refractivity contribution in [2.45, 2.75) is 243 Å². The lowest BCUT2D eigenvalue weighted by atomic mass is 9.98. The molecule has 0 bridgehead atoms. The van der Waals surface area contributed by atoms with Gasteiger partial charge >= 0.3 is 17.9 Å². The number of amides is 1. The number of aliphatic hydroxyl groups is 3. The molecular formula is C54H91NO13. The molecule has 0 aromatic heterocycles. The molecule has 14 nitrogen and oxygen atoms in total. The number of carbonyl (C=O) groups excluding carboxylic acids is 2. The molecule has 1 heterocycles. The van der Waals surface area contributed by atoms with E-state index in [1.54, 1.807) is 36.4 Å². The average molecular weight is 962 g/mol. The van der Waals surface area contributed by atoms with E-state index in [4.69, 9.17) is 18.9 Å². The van der Waals surface area contributed by atoms with E-state index in [9.17, 15) is 44.7 Å². The van der Waals surface area contributed by atoms with Crippen molar-refractivity contribution in [3.05, 3.63) is 48.0 Å². The van der Waals surface area contributed by atoms with E-state index in [2.05, 4.69) is 19.2 Å². The third kappa shape index (κ3) is 27.1. The summed E-state index contributed by atoms with van der Waals surface area (Å²) in [5, 5.41) is 53.9. The van der Waals surface area contributed by atoms with Gasteiger partial charge in [0, 0.05) is 13.0 Å². The maximum Gasteiger partial charge on any atom is 0.338 e. The minimum absolute atomic E-state index is 0.0606. The zero-order valence-corrected chi connectivity index (χ0v) is 41.8. The monoisotopic (exact) mass is 962 g/mol. The molecule has 0 spiro atoms. The Morgan fingerprint density at radius 3 is 1.69 bits per heavy atom. The first-order chi connectivity index (χ1) is 33.0. The van der Waals surface area contributed by atoms with Gasteiger partial charge in [0.15, 0.2) is 12.2 Å². The normalized spacial score (nSPS) is 19.3. The van der Waals surface area contributed by atoms with Crippen LogP contribution in [0.25, 0.3) is 0 Å². The van der Waals surface area contributed by atoms with Gasteiger partial charge in [-0.3, -0.25) is 14.4 Å². The van der Waals surface area contributed by atoms with Crippen molar-refractivity contribution in [1.82, 2.24) is 5.32 Å². The molecule has 14 heteroatoms. The van der Waals surface area contributed by atoms with Crippen LogP contribution in [0.3, 0.4) is 0 Å². The van der Waals surface area contributed by atoms with E-state index in [0.717, 1.165) is 44.9 Å². The topological polar surface area (TPSA) is 218 Å².